The monoisotopic (exact) mass is 291 g/mol. The molecule has 0 spiro atoms. The molecule has 0 radical (unpaired) electrons. The SMILES string of the molecule is COc1ccc(C(C#Cc2ccccc2)=NC(C)(C)C)cc1. The number of hydrogen-bond donors (Lipinski definition) is 0. The minimum absolute atomic E-state index is 0.180. The molecule has 0 aromatic heterocycles. The lowest BCUT2D eigenvalue weighted by Crippen LogP contribution is -2.14. The first kappa shape index (κ1) is 15.9. The molecule has 0 atom stereocenters. The first-order valence-corrected chi connectivity index (χ1v) is 7.29. The topological polar surface area (TPSA) is 21.6 Å². The lowest BCUT2D eigenvalue weighted by atomic mass is 10.1. The van der Waals surface area contributed by atoms with E-state index in [2.05, 4.69) is 32.6 Å². The standard InChI is InChI=1S/C20H21NO/c1-20(2,3)21-19(15-10-16-8-6-5-7-9-16)17-11-13-18(22-4)14-12-17/h5-9,11-14H,1-4H3. The summed E-state index contributed by atoms with van der Waals surface area (Å²) in [4.78, 5) is 4.75. The Labute approximate surface area is 132 Å². The van der Waals surface area contributed by atoms with Gasteiger partial charge in [0.2, 0.25) is 0 Å². The van der Waals surface area contributed by atoms with Crippen molar-refractivity contribution in [2.24, 2.45) is 4.99 Å². The molecule has 0 unspecified atom stereocenters. The van der Waals surface area contributed by atoms with Crippen molar-refractivity contribution in [2.45, 2.75) is 26.3 Å². The van der Waals surface area contributed by atoms with Gasteiger partial charge in [-0.15, -0.1) is 0 Å². The second-order valence-corrected chi connectivity index (χ2v) is 5.98. The van der Waals surface area contributed by atoms with E-state index in [1.54, 1.807) is 7.11 Å². The summed E-state index contributed by atoms with van der Waals surface area (Å²) in [6, 6.07) is 17.8. The maximum absolute atomic E-state index is 5.20. The Morgan fingerprint density at radius 1 is 0.955 bits per heavy atom. The highest BCUT2D eigenvalue weighted by Gasteiger charge is 2.10. The lowest BCUT2D eigenvalue weighted by Gasteiger charge is -2.13. The molecule has 0 amide bonds. The summed E-state index contributed by atoms with van der Waals surface area (Å²) in [6.07, 6.45) is 0. The Morgan fingerprint density at radius 3 is 2.14 bits per heavy atom. The zero-order valence-electron chi connectivity index (χ0n) is 13.6. The van der Waals surface area contributed by atoms with Crippen LogP contribution in [0.4, 0.5) is 0 Å². The van der Waals surface area contributed by atoms with Gasteiger partial charge in [0.05, 0.1) is 12.6 Å². The largest absolute Gasteiger partial charge is 0.497 e. The molecule has 0 heterocycles. The summed E-state index contributed by atoms with van der Waals surface area (Å²) < 4.78 is 5.20. The Hall–Kier alpha value is -2.53. The highest BCUT2D eigenvalue weighted by atomic mass is 16.5. The zero-order valence-corrected chi connectivity index (χ0v) is 13.6. The van der Waals surface area contributed by atoms with Crippen molar-refractivity contribution in [3.8, 4) is 17.6 Å². The third-order valence-electron chi connectivity index (χ3n) is 2.91. The van der Waals surface area contributed by atoms with Crippen molar-refractivity contribution in [1.29, 1.82) is 0 Å². The van der Waals surface area contributed by atoms with Crippen LogP contribution < -0.4 is 4.74 Å². The average molecular weight is 291 g/mol. The van der Waals surface area contributed by atoms with Crippen LogP contribution in [0.2, 0.25) is 0 Å². The third kappa shape index (κ3) is 4.79. The van der Waals surface area contributed by atoms with Gasteiger partial charge in [0.1, 0.15) is 11.5 Å². The van der Waals surface area contributed by atoms with Gasteiger partial charge >= 0.3 is 0 Å². The van der Waals surface area contributed by atoms with Crippen molar-refractivity contribution in [2.75, 3.05) is 7.11 Å². The number of benzene rings is 2. The summed E-state index contributed by atoms with van der Waals surface area (Å²) in [5.74, 6) is 7.22. The summed E-state index contributed by atoms with van der Waals surface area (Å²) in [6.45, 7) is 6.21. The van der Waals surface area contributed by atoms with Gasteiger partial charge in [0.15, 0.2) is 0 Å². The van der Waals surface area contributed by atoms with Gasteiger partial charge in [-0.1, -0.05) is 24.1 Å². The van der Waals surface area contributed by atoms with Crippen LogP contribution in [0.15, 0.2) is 59.6 Å². The molecule has 0 aliphatic carbocycles. The van der Waals surface area contributed by atoms with E-state index >= 15 is 0 Å². The van der Waals surface area contributed by atoms with E-state index in [0.29, 0.717) is 0 Å². The molecule has 112 valence electrons. The summed E-state index contributed by atoms with van der Waals surface area (Å²) in [7, 11) is 1.66. The van der Waals surface area contributed by atoms with Gasteiger partial charge in [0.25, 0.3) is 0 Å². The lowest BCUT2D eigenvalue weighted by molar-refractivity contribution is 0.415. The Bertz CT molecular complexity index is 695. The van der Waals surface area contributed by atoms with Crippen molar-refractivity contribution in [1.82, 2.24) is 0 Å². The molecule has 2 aromatic rings. The molecule has 2 heteroatoms. The van der Waals surface area contributed by atoms with E-state index < -0.39 is 0 Å². The van der Waals surface area contributed by atoms with Gasteiger partial charge in [-0.3, -0.25) is 4.99 Å². The van der Waals surface area contributed by atoms with Crippen LogP contribution in [0.3, 0.4) is 0 Å². The molecule has 0 aliphatic rings. The summed E-state index contributed by atoms with van der Waals surface area (Å²) in [5.41, 5.74) is 2.59. The molecular formula is C20H21NO. The van der Waals surface area contributed by atoms with Crippen LogP contribution in [-0.4, -0.2) is 18.4 Å². The quantitative estimate of drug-likeness (QED) is 0.596. The maximum Gasteiger partial charge on any atom is 0.118 e. The molecule has 0 bridgehead atoms. The highest BCUT2D eigenvalue weighted by molar-refractivity contribution is 6.13. The van der Waals surface area contributed by atoms with Gasteiger partial charge < -0.3 is 4.74 Å². The van der Waals surface area contributed by atoms with E-state index in [-0.39, 0.29) is 5.54 Å². The molecule has 0 saturated heterocycles. The number of hydrogen-bond acceptors (Lipinski definition) is 2. The van der Waals surface area contributed by atoms with E-state index in [4.69, 9.17) is 9.73 Å². The van der Waals surface area contributed by atoms with Crippen LogP contribution in [0.25, 0.3) is 0 Å². The van der Waals surface area contributed by atoms with E-state index in [1.165, 1.54) is 0 Å². The minimum Gasteiger partial charge on any atom is -0.497 e. The van der Waals surface area contributed by atoms with Gasteiger partial charge in [-0.2, -0.15) is 0 Å². The molecule has 2 aromatic carbocycles. The zero-order chi connectivity index (χ0) is 16.0. The van der Waals surface area contributed by atoms with Crippen LogP contribution >= 0.6 is 0 Å². The normalized spacial score (nSPS) is 11.5. The Balaban J connectivity index is 2.39. The van der Waals surface area contributed by atoms with Crippen molar-refractivity contribution >= 4 is 5.71 Å². The molecule has 0 saturated carbocycles. The van der Waals surface area contributed by atoms with Crippen LogP contribution in [0.5, 0.6) is 5.75 Å². The Kier molecular flexibility index (Phi) is 5.01. The fourth-order valence-corrected chi connectivity index (χ4v) is 1.90. The van der Waals surface area contributed by atoms with Gasteiger partial charge in [-0.25, -0.2) is 0 Å². The second kappa shape index (κ2) is 6.95. The first-order valence-electron chi connectivity index (χ1n) is 7.29. The first-order chi connectivity index (χ1) is 10.5. The fraction of sp³-hybridized carbons (Fsp3) is 0.250. The summed E-state index contributed by atoms with van der Waals surface area (Å²) >= 11 is 0. The number of methoxy groups -OCH3 is 1. The predicted molar refractivity (Wildman–Crippen MR) is 92.6 cm³/mol. The molecular weight excluding hydrogens is 270 g/mol. The van der Waals surface area contributed by atoms with Crippen LogP contribution in [-0.2, 0) is 0 Å². The van der Waals surface area contributed by atoms with Gasteiger partial charge in [-0.05, 0) is 63.1 Å². The maximum atomic E-state index is 5.20. The summed E-state index contributed by atoms with van der Waals surface area (Å²) in [5, 5.41) is 0. The number of ether oxygens (including phenoxy) is 1. The average Bonchev–Trinajstić information content (AvgIpc) is 2.51. The fourth-order valence-electron chi connectivity index (χ4n) is 1.90. The smallest absolute Gasteiger partial charge is 0.118 e. The molecule has 0 N–H and O–H groups in total. The molecule has 0 aliphatic heterocycles. The second-order valence-electron chi connectivity index (χ2n) is 5.98. The number of nitrogens with zero attached hydrogens (tertiary/aromatic N) is 1. The van der Waals surface area contributed by atoms with Crippen LogP contribution in [0, 0.1) is 11.8 Å². The van der Waals surface area contributed by atoms with Gasteiger partial charge in [0, 0.05) is 11.1 Å². The minimum atomic E-state index is -0.180. The Morgan fingerprint density at radius 2 is 1.59 bits per heavy atom. The molecule has 2 rings (SSSR count). The predicted octanol–water partition coefficient (Wildman–Crippen LogP) is 4.33. The van der Waals surface area contributed by atoms with Crippen molar-refractivity contribution in [3.05, 3.63) is 65.7 Å². The van der Waals surface area contributed by atoms with Crippen molar-refractivity contribution in [3.63, 3.8) is 0 Å². The molecule has 22 heavy (non-hydrogen) atoms. The molecule has 0 fully saturated rings. The third-order valence-corrected chi connectivity index (χ3v) is 2.91. The number of rotatable bonds is 2. The van der Waals surface area contributed by atoms with E-state index in [9.17, 15) is 0 Å². The van der Waals surface area contributed by atoms with E-state index in [0.717, 1.165) is 22.6 Å². The number of aliphatic imine (C=N–C) groups is 1. The van der Waals surface area contributed by atoms with E-state index in [1.807, 2.05) is 54.6 Å². The van der Waals surface area contributed by atoms with Crippen molar-refractivity contribution < 1.29 is 4.74 Å². The highest BCUT2D eigenvalue weighted by Crippen LogP contribution is 2.15. The molecule has 2 nitrogen and oxygen atoms in total. The van der Waals surface area contributed by atoms with Crippen LogP contribution in [0.1, 0.15) is 31.9 Å².